The fourth-order valence-electron chi connectivity index (χ4n) is 4.19. The van der Waals surface area contributed by atoms with E-state index in [0.717, 1.165) is 35.7 Å². The third kappa shape index (κ3) is 3.55. The van der Waals surface area contributed by atoms with E-state index in [4.69, 9.17) is 16.6 Å². The molecule has 5 heteroatoms. The van der Waals surface area contributed by atoms with Crippen LogP contribution < -0.4 is 5.32 Å². The lowest BCUT2D eigenvalue weighted by Gasteiger charge is -2.26. The minimum atomic E-state index is -0.114. The summed E-state index contributed by atoms with van der Waals surface area (Å²) in [5.41, 5.74) is 5.41. The van der Waals surface area contributed by atoms with E-state index in [9.17, 15) is 4.79 Å². The third-order valence-corrected chi connectivity index (χ3v) is 5.88. The molecule has 4 aromatic rings. The van der Waals surface area contributed by atoms with Crippen molar-refractivity contribution in [2.75, 3.05) is 0 Å². The van der Waals surface area contributed by atoms with Crippen LogP contribution in [-0.2, 0) is 6.42 Å². The van der Waals surface area contributed by atoms with Gasteiger partial charge in [0.05, 0.1) is 22.8 Å². The first-order valence-corrected chi connectivity index (χ1v) is 10.5. The first-order chi connectivity index (χ1) is 14.7. The van der Waals surface area contributed by atoms with Gasteiger partial charge in [0.2, 0.25) is 0 Å². The van der Waals surface area contributed by atoms with Crippen LogP contribution >= 0.6 is 11.6 Å². The van der Waals surface area contributed by atoms with E-state index in [1.54, 1.807) is 24.5 Å². The molecule has 0 aliphatic heterocycles. The van der Waals surface area contributed by atoms with E-state index >= 15 is 0 Å². The van der Waals surface area contributed by atoms with Crippen LogP contribution in [0.25, 0.3) is 22.2 Å². The number of carbonyl (C=O) groups excluding carboxylic acids is 1. The minimum absolute atomic E-state index is 0.00620. The molecule has 1 N–H and O–H groups in total. The number of rotatable bonds is 3. The van der Waals surface area contributed by atoms with Crippen molar-refractivity contribution in [2.24, 2.45) is 0 Å². The van der Waals surface area contributed by atoms with Crippen molar-refractivity contribution in [1.82, 2.24) is 15.3 Å². The Morgan fingerprint density at radius 3 is 2.83 bits per heavy atom. The maximum absolute atomic E-state index is 13.4. The van der Waals surface area contributed by atoms with Crippen molar-refractivity contribution in [1.29, 1.82) is 0 Å². The van der Waals surface area contributed by atoms with Gasteiger partial charge in [0.25, 0.3) is 5.91 Å². The predicted molar refractivity (Wildman–Crippen MR) is 120 cm³/mol. The molecular weight excluding hydrogens is 394 g/mol. The van der Waals surface area contributed by atoms with Gasteiger partial charge < -0.3 is 5.32 Å². The SMILES string of the molecule is O=C(N[C@@H]1CCCc2ccccc21)c1cc(-c2cccnc2)nc2ccc(Cl)cc12. The van der Waals surface area contributed by atoms with Crippen molar-refractivity contribution in [3.63, 3.8) is 0 Å². The highest BCUT2D eigenvalue weighted by atomic mass is 35.5. The quantitative estimate of drug-likeness (QED) is 0.464. The number of aryl methyl sites for hydroxylation is 1. The second-order valence-electron chi connectivity index (χ2n) is 7.58. The summed E-state index contributed by atoms with van der Waals surface area (Å²) in [7, 11) is 0. The van der Waals surface area contributed by atoms with E-state index in [0.29, 0.717) is 16.3 Å². The van der Waals surface area contributed by atoms with Crippen molar-refractivity contribution in [2.45, 2.75) is 25.3 Å². The topological polar surface area (TPSA) is 54.9 Å². The lowest BCUT2D eigenvalue weighted by Crippen LogP contribution is -2.31. The lowest BCUT2D eigenvalue weighted by molar-refractivity contribution is 0.0934. The van der Waals surface area contributed by atoms with Gasteiger partial charge in [-0.3, -0.25) is 9.78 Å². The Morgan fingerprint density at radius 1 is 1.07 bits per heavy atom. The van der Waals surface area contributed by atoms with Gasteiger partial charge in [-0.1, -0.05) is 35.9 Å². The molecule has 2 heterocycles. The molecule has 0 fully saturated rings. The minimum Gasteiger partial charge on any atom is -0.345 e. The van der Waals surface area contributed by atoms with E-state index in [2.05, 4.69) is 28.5 Å². The zero-order chi connectivity index (χ0) is 20.5. The van der Waals surface area contributed by atoms with E-state index < -0.39 is 0 Å². The number of aromatic nitrogens is 2. The molecule has 2 aromatic heterocycles. The number of carbonyl (C=O) groups is 1. The van der Waals surface area contributed by atoms with Crippen LogP contribution in [0.5, 0.6) is 0 Å². The Labute approximate surface area is 180 Å². The molecule has 0 bridgehead atoms. The van der Waals surface area contributed by atoms with Gasteiger partial charge in [-0.25, -0.2) is 4.98 Å². The molecule has 1 atom stereocenters. The molecule has 0 unspecified atom stereocenters. The van der Waals surface area contributed by atoms with Crippen molar-refractivity contribution < 1.29 is 4.79 Å². The standard InChI is InChI=1S/C25H20ClN3O/c26-18-10-11-23-20(13-18)21(14-24(28-23)17-7-4-12-27-15-17)25(30)29-22-9-3-6-16-5-1-2-8-19(16)22/h1-2,4-5,7-8,10-15,22H,3,6,9H2,(H,29,30)/t22-/m1/s1. The third-order valence-electron chi connectivity index (χ3n) is 5.65. The number of pyridine rings is 2. The highest BCUT2D eigenvalue weighted by Gasteiger charge is 2.23. The average molecular weight is 414 g/mol. The highest BCUT2D eigenvalue weighted by Crippen LogP contribution is 2.31. The molecular formula is C25H20ClN3O. The molecule has 1 aliphatic rings. The van der Waals surface area contributed by atoms with Crippen LogP contribution in [0, 0.1) is 0 Å². The molecule has 0 saturated carbocycles. The molecule has 4 nitrogen and oxygen atoms in total. The van der Waals surface area contributed by atoms with Gasteiger partial charge in [0.15, 0.2) is 0 Å². The van der Waals surface area contributed by atoms with Crippen LogP contribution in [0.15, 0.2) is 73.1 Å². The van der Waals surface area contributed by atoms with Gasteiger partial charge in [-0.15, -0.1) is 0 Å². The fourth-order valence-corrected chi connectivity index (χ4v) is 4.36. The van der Waals surface area contributed by atoms with Gasteiger partial charge in [0, 0.05) is 28.4 Å². The second kappa shape index (κ2) is 7.88. The summed E-state index contributed by atoms with van der Waals surface area (Å²) in [4.78, 5) is 22.4. The Kier molecular flexibility index (Phi) is 4.93. The number of hydrogen-bond acceptors (Lipinski definition) is 3. The van der Waals surface area contributed by atoms with Crippen LogP contribution in [0.1, 0.15) is 40.4 Å². The summed E-state index contributed by atoms with van der Waals surface area (Å²) in [6.07, 6.45) is 6.52. The monoisotopic (exact) mass is 413 g/mol. The maximum Gasteiger partial charge on any atom is 0.252 e. The lowest BCUT2D eigenvalue weighted by atomic mass is 9.87. The molecule has 148 valence electrons. The van der Waals surface area contributed by atoms with Gasteiger partial charge in [-0.2, -0.15) is 0 Å². The average Bonchev–Trinajstić information content (AvgIpc) is 2.79. The Balaban J connectivity index is 1.57. The summed E-state index contributed by atoms with van der Waals surface area (Å²) in [5.74, 6) is -0.114. The number of nitrogens with one attached hydrogen (secondary N) is 1. The Hall–Kier alpha value is -3.24. The molecule has 5 rings (SSSR count). The largest absolute Gasteiger partial charge is 0.345 e. The van der Waals surface area contributed by atoms with Gasteiger partial charge >= 0.3 is 0 Å². The second-order valence-corrected chi connectivity index (χ2v) is 8.01. The normalized spacial score (nSPS) is 15.6. The molecule has 0 spiro atoms. The zero-order valence-electron chi connectivity index (χ0n) is 16.3. The van der Waals surface area contributed by atoms with E-state index in [-0.39, 0.29) is 11.9 Å². The summed E-state index contributed by atoms with van der Waals surface area (Å²) < 4.78 is 0. The predicted octanol–water partition coefficient (Wildman–Crippen LogP) is 5.76. The molecule has 1 aliphatic carbocycles. The first-order valence-electron chi connectivity index (χ1n) is 10.1. The summed E-state index contributed by atoms with van der Waals surface area (Å²) in [6, 6.07) is 19.4. The van der Waals surface area contributed by atoms with Crippen molar-refractivity contribution in [3.05, 3.63) is 94.8 Å². The summed E-state index contributed by atoms with van der Waals surface area (Å²) in [6.45, 7) is 0. The first kappa shape index (κ1) is 18.8. The number of halogens is 1. The fraction of sp³-hybridized carbons (Fsp3) is 0.160. The van der Waals surface area contributed by atoms with Crippen LogP contribution in [0.3, 0.4) is 0 Å². The molecule has 0 saturated heterocycles. The number of nitrogens with zero attached hydrogens (tertiary/aromatic N) is 2. The van der Waals surface area contributed by atoms with Gasteiger partial charge in [-0.05, 0) is 66.8 Å². The smallest absolute Gasteiger partial charge is 0.252 e. The van der Waals surface area contributed by atoms with Crippen LogP contribution in [0.2, 0.25) is 5.02 Å². The summed E-state index contributed by atoms with van der Waals surface area (Å²) >= 11 is 6.24. The number of fused-ring (bicyclic) bond motifs is 2. The molecule has 30 heavy (non-hydrogen) atoms. The summed E-state index contributed by atoms with van der Waals surface area (Å²) in [5, 5.41) is 4.58. The Morgan fingerprint density at radius 2 is 1.97 bits per heavy atom. The maximum atomic E-state index is 13.4. The highest BCUT2D eigenvalue weighted by molar-refractivity contribution is 6.31. The van der Waals surface area contributed by atoms with Crippen LogP contribution in [0.4, 0.5) is 0 Å². The van der Waals surface area contributed by atoms with Gasteiger partial charge in [0.1, 0.15) is 0 Å². The van der Waals surface area contributed by atoms with Crippen molar-refractivity contribution in [3.8, 4) is 11.3 Å². The number of amides is 1. The zero-order valence-corrected chi connectivity index (χ0v) is 17.1. The van der Waals surface area contributed by atoms with E-state index in [1.807, 2.05) is 30.3 Å². The molecule has 2 aromatic carbocycles. The van der Waals surface area contributed by atoms with E-state index in [1.165, 1.54) is 11.1 Å². The number of hydrogen-bond donors (Lipinski definition) is 1. The van der Waals surface area contributed by atoms with Crippen molar-refractivity contribution >= 4 is 28.4 Å². The molecule has 0 radical (unpaired) electrons. The number of benzene rings is 2. The Bertz CT molecular complexity index is 1240. The van der Waals surface area contributed by atoms with Crippen LogP contribution in [-0.4, -0.2) is 15.9 Å². The molecule has 1 amide bonds.